The van der Waals surface area contributed by atoms with Crippen molar-refractivity contribution < 1.29 is 0 Å². The quantitative estimate of drug-likeness (QED) is 0.157. The van der Waals surface area contributed by atoms with E-state index in [-0.39, 0.29) is 5.41 Å². The zero-order chi connectivity index (χ0) is 39.5. The minimum Gasteiger partial charge on any atom is -0.307 e. The molecular formula is C57H42N2. The predicted octanol–water partition coefficient (Wildman–Crippen LogP) is 15.6. The van der Waals surface area contributed by atoms with Crippen LogP contribution in [0, 0.1) is 0 Å². The average molecular weight is 755 g/mol. The van der Waals surface area contributed by atoms with E-state index in [0.717, 1.165) is 39.4 Å². The van der Waals surface area contributed by atoms with Gasteiger partial charge in [0.15, 0.2) is 0 Å². The Balaban J connectivity index is 1.30. The van der Waals surface area contributed by atoms with Crippen LogP contribution in [0.2, 0.25) is 0 Å². The Labute approximate surface area is 345 Å². The fourth-order valence-corrected chi connectivity index (χ4v) is 9.58. The largest absolute Gasteiger partial charge is 0.307 e. The van der Waals surface area contributed by atoms with E-state index in [0.29, 0.717) is 0 Å². The fourth-order valence-electron chi connectivity index (χ4n) is 9.58. The molecule has 1 aliphatic rings. The van der Waals surface area contributed by atoms with E-state index in [1.165, 1.54) is 60.8 Å². The maximum atomic E-state index is 2.57. The molecule has 0 saturated heterocycles. The minimum atomic E-state index is -0.172. The molecule has 0 atom stereocenters. The molecule has 0 unspecified atom stereocenters. The van der Waals surface area contributed by atoms with Gasteiger partial charge in [0.25, 0.3) is 0 Å². The third kappa shape index (κ3) is 5.63. The van der Waals surface area contributed by atoms with E-state index in [1.54, 1.807) is 0 Å². The first kappa shape index (κ1) is 34.8. The summed E-state index contributed by atoms with van der Waals surface area (Å²) in [4.78, 5) is 2.57. The molecule has 11 rings (SSSR count). The summed E-state index contributed by atoms with van der Waals surface area (Å²) in [5.74, 6) is 0. The number of benzene rings is 9. The van der Waals surface area contributed by atoms with E-state index in [1.807, 2.05) is 0 Å². The van der Waals surface area contributed by atoms with Crippen LogP contribution in [-0.2, 0) is 5.41 Å². The Bertz CT molecular complexity index is 3120. The summed E-state index contributed by atoms with van der Waals surface area (Å²) in [6.45, 7) is 4.74. The van der Waals surface area contributed by atoms with Gasteiger partial charge in [-0.2, -0.15) is 0 Å². The van der Waals surface area contributed by atoms with Gasteiger partial charge in [-0.25, -0.2) is 0 Å². The van der Waals surface area contributed by atoms with Crippen molar-refractivity contribution in [3.8, 4) is 50.2 Å². The normalized spacial score (nSPS) is 12.7. The van der Waals surface area contributed by atoms with Crippen LogP contribution >= 0.6 is 0 Å². The standard InChI is InChI=1S/C57H42N2/c1-57(2)48-28-15-12-27-46(48)56-49(57)29-18-32-54(56)59(52-35-33-42(39-19-6-3-7-20-39)37-47(52)41-23-10-5-11-24-41)55-38-43(40-21-8-4-9-22-40)34-36-53(55)58-50-30-16-13-25-44(50)45-26-14-17-31-51(45)58/h3-38H,1-2H3. The van der Waals surface area contributed by atoms with Crippen molar-refractivity contribution in [3.05, 3.63) is 230 Å². The Hall–Kier alpha value is -7.42. The molecule has 0 saturated carbocycles. The van der Waals surface area contributed by atoms with Crippen molar-refractivity contribution in [1.29, 1.82) is 0 Å². The van der Waals surface area contributed by atoms with Crippen LogP contribution in [-0.4, -0.2) is 4.57 Å². The van der Waals surface area contributed by atoms with Gasteiger partial charge >= 0.3 is 0 Å². The van der Waals surface area contributed by atoms with Gasteiger partial charge in [0.2, 0.25) is 0 Å². The van der Waals surface area contributed by atoms with Gasteiger partial charge in [0.05, 0.1) is 33.8 Å². The van der Waals surface area contributed by atoms with E-state index < -0.39 is 0 Å². The topological polar surface area (TPSA) is 8.17 Å². The lowest BCUT2D eigenvalue weighted by molar-refractivity contribution is 0.660. The minimum absolute atomic E-state index is 0.172. The second-order valence-electron chi connectivity index (χ2n) is 16.1. The van der Waals surface area contributed by atoms with E-state index in [4.69, 9.17) is 0 Å². The third-order valence-electron chi connectivity index (χ3n) is 12.4. The predicted molar refractivity (Wildman–Crippen MR) is 249 cm³/mol. The van der Waals surface area contributed by atoms with Gasteiger partial charge in [-0.1, -0.05) is 190 Å². The third-order valence-corrected chi connectivity index (χ3v) is 12.4. The molecule has 1 aromatic heterocycles. The number of fused-ring (bicyclic) bond motifs is 6. The van der Waals surface area contributed by atoms with Crippen LogP contribution in [0.1, 0.15) is 25.0 Å². The maximum absolute atomic E-state index is 2.57. The molecule has 0 radical (unpaired) electrons. The second kappa shape index (κ2) is 13.9. The molecule has 0 spiro atoms. The van der Waals surface area contributed by atoms with Gasteiger partial charge in [-0.15, -0.1) is 0 Å². The van der Waals surface area contributed by atoms with Crippen molar-refractivity contribution in [1.82, 2.24) is 4.57 Å². The highest BCUT2D eigenvalue weighted by Gasteiger charge is 2.38. The van der Waals surface area contributed by atoms with Crippen molar-refractivity contribution in [2.45, 2.75) is 19.3 Å². The van der Waals surface area contributed by atoms with Crippen molar-refractivity contribution in [3.63, 3.8) is 0 Å². The first-order valence-corrected chi connectivity index (χ1v) is 20.5. The number of hydrogen-bond donors (Lipinski definition) is 0. The molecule has 9 aromatic carbocycles. The molecule has 1 aliphatic carbocycles. The van der Waals surface area contributed by atoms with E-state index in [2.05, 4.69) is 242 Å². The summed E-state index contributed by atoms with van der Waals surface area (Å²) in [5, 5.41) is 2.47. The summed E-state index contributed by atoms with van der Waals surface area (Å²) >= 11 is 0. The van der Waals surface area contributed by atoms with Crippen LogP contribution in [0.5, 0.6) is 0 Å². The number of aromatic nitrogens is 1. The molecule has 59 heavy (non-hydrogen) atoms. The highest BCUT2D eigenvalue weighted by Crippen LogP contribution is 2.56. The van der Waals surface area contributed by atoms with Crippen LogP contribution < -0.4 is 4.90 Å². The van der Waals surface area contributed by atoms with Gasteiger partial charge in [-0.05, 0) is 87.0 Å². The van der Waals surface area contributed by atoms with Crippen molar-refractivity contribution >= 4 is 38.9 Å². The van der Waals surface area contributed by atoms with Crippen LogP contribution in [0.15, 0.2) is 218 Å². The molecule has 0 amide bonds. The SMILES string of the molecule is CC1(C)c2ccccc2-c2c(N(c3ccc(-c4ccccc4)cc3-c3ccccc3)c3cc(-c4ccccc4)ccc3-n3c4ccccc4c4ccccc43)cccc21. The molecule has 2 heteroatoms. The molecule has 1 heterocycles. The second-order valence-corrected chi connectivity index (χ2v) is 16.1. The summed E-state index contributed by atoms with van der Waals surface area (Å²) in [7, 11) is 0. The number of nitrogens with zero attached hydrogens (tertiary/aromatic N) is 2. The van der Waals surface area contributed by atoms with E-state index in [9.17, 15) is 0 Å². The molecule has 2 nitrogen and oxygen atoms in total. The lowest BCUT2D eigenvalue weighted by Crippen LogP contribution is -2.17. The number of anilines is 3. The molecule has 0 fully saturated rings. The molecule has 10 aromatic rings. The Morgan fingerprint density at radius 2 is 0.881 bits per heavy atom. The Morgan fingerprint density at radius 1 is 0.356 bits per heavy atom. The van der Waals surface area contributed by atoms with Crippen molar-refractivity contribution in [2.75, 3.05) is 4.90 Å². The molecule has 0 aliphatic heterocycles. The number of hydrogen-bond acceptors (Lipinski definition) is 1. The fraction of sp³-hybridized carbons (Fsp3) is 0.0526. The van der Waals surface area contributed by atoms with Gasteiger partial charge < -0.3 is 9.47 Å². The Kier molecular flexibility index (Phi) is 8.20. The monoisotopic (exact) mass is 754 g/mol. The highest BCUT2D eigenvalue weighted by molar-refractivity contribution is 6.10. The van der Waals surface area contributed by atoms with Gasteiger partial charge in [-0.3, -0.25) is 0 Å². The number of rotatable bonds is 7. The Morgan fingerprint density at radius 3 is 1.54 bits per heavy atom. The van der Waals surface area contributed by atoms with E-state index >= 15 is 0 Å². The highest BCUT2D eigenvalue weighted by atomic mass is 15.2. The van der Waals surface area contributed by atoms with Crippen LogP contribution in [0.4, 0.5) is 17.1 Å². The molecule has 0 N–H and O–H groups in total. The summed E-state index contributed by atoms with van der Waals surface area (Å²) in [5.41, 5.74) is 18.9. The van der Waals surface area contributed by atoms with Gasteiger partial charge in [0.1, 0.15) is 0 Å². The lowest BCUT2D eigenvalue weighted by atomic mass is 9.82. The molecule has 280 valence electrons. The first-order chi connectivity index (χ1) is 29.1. The summed E-state index contributed by atoms with van der Waals surface area (Å²) < 4.78 is 2.48. The maximum Gasteiger partial charge on any atom is 0.0709 e. The first-order valence-electron chi connectivity index (χ1n) is 20.5. The zero-order valence-electron chi connectivity index (χ0n) is 33.2. The van der Waals surface area contributed by atoms with Crippen molar-refractivity contribution in [2.24, 2.45) is 0 Å². The smallest absolute Gasteiger partial charge is 0.0709 e. The van der Waals surface area contributed by atoms with Crippen LogP contribution in [0.25, 0.3) is 72.0 Å². The summed E-state index contributed by atoms with van der Waals surface area (Å²) in [6, 6.07) is 80.1. The molecular weight excluding hydrogens is 713 g/mol. The van der Waals surface area contributed by atoms with Crippen LogP contribution in [0.3, 0.4) is 0 Å². The lowest BCUT2D eigenvalue weighted by Gasteiger charge is -2.33. The number of para-hydroxylation sites is 2. The average Bonchev–Trinajstić information content (AvgIpc) is 3.76. The van der Waals surface area contributed by atoms with Gasteiger partial charge in [0, 0.05) is 27.3 Å². The molecule has 0 bridgehead atoms. The summed E-state index contributed by atoms with van der Waals surface area (Å²) in [6.07, 6.45) is 0. The zero-order valence-corrected chi connectivity index (χ0v) is 33.2.